The van der Waals surface area contributed by atoms with E-state index in [1.54, 1.807) is 0 Å². The maximum Gasteiger partial charge on any atom is 0.371 e. The summed E-state index contributed by atoms with van der Waals surface area (Å²) in [4.78, 5) is 10.6. The van der Waals surface area contributed by atoms with Crippen molar-refractivity contribution in [1.82, 2.24) is 4.31 Å². The van der Waals surface area contributed by atoms with Crippen LogP contribution in [0.25, 0.3) is 0 Å². The molecule has 0 atom stereocenters. The van der Waals surface area contributed by atoms with Crippen molar-refractivity contribution < 1.29 is 22.7 Å². The van der Waals surface area contributed by atoms with Gasteiger partial charge >= 0.3 is 5.97 Å². The van der Waals surface area contributed by atoms with Crippen LogP contribution in [0.5, 0.6) is 0 Å². The minimum Gasteiger partial charge on any atom is -0.475 e. The molecule has 1 aromatic rings. The molecule has 100 valence electrons. The van der Waals surface area contributed by atoms with Gasteiger partial charge in [-0.3, -0.25) is 0 Å². The van der Waals surface area contributed by atoms with Crippen molar-refractivity contribution in [2.24, 2.45) is 0 Å². The van der Waals surface area contributed by atoms with Crippen molar-refractivity contribution >= 4 is 31.9 Å². The number of aromatic carboxylic acids is 1. The summed E-state index contributed by atoms with van der Waals surface area (Å²) >= 11 is 2.95. The Kier molecular flexibility index (Phi) is 3.79. The number of piperidine rings is 1. The number of rotatable bonds is 3. The smallest absolute Gasteiger partial charge is 0.371 e. The van der Waals surface area contributed by atoms with Crippen LogP contribution in [-0.4, -0.2) is 36.9 Å². The van der Waals surface area contributed by atoms with Crippen LogP contribution in [0.3, 0.4) is 0 Å². The summed E-state index contributed by atoms with van der Waals surface area (Å²) in [6, 6.07) is 1.04. The van der Waals surface area contributed by atoms with Crippen LogP contribution in [0, 0.1) is 0 Å². The van der Waals surface area contributed by atoms with Gasteiger partial charge in [-0.2, -0.15) is 4.31 Å². The molecular formula is C10H12BrNO5S. The molecule has 2 rings (SSSR count). The SMILES string of the molecule is O=C(O)c1cc(S(=O)(=O)N2CCCCC2)c(Br)o1. The maximum absolute atomic E-state index is 12.3. The monoisotopic (exact) mass is 337 g/mol. The molecule has 1 aliphatic heterocycles. The topological polar surface area (TPSA) is 87.8 Å². The van der Waals surface area contributed by atoms with Crippen molar-refractivity contribution in [3.05, 3.63) is 16.5 Å². The summed E-state index contributed by atoms with van der Waals surface area (Å²) < 4.78 is 30.7. The van der Waals surface area contributed by atoms with Gasteiger partial charge in [0.1, 0.15) is 4.90 Å². The lowest BCUT2D eigenvalue weighted by Crippen LogP contribution is -2.35. The van der Waals surface area contributed by atoms with E-state index in [2.05, 4.69) is 15.9 Å². The molecule has 0 aromatic carbocycles. The molecule has 0 amide bonds. The van der Waals surface area contributed by atoms with Crippen LogP contribution in [0.15, 0.2) is 20.0 Å². The van der Waals surface area contributed by atoms with Gasteiger partial charge in [0.15, 0.2) is 4.67 Å². The van der Waals surface area contributed by atoms with Crippen LogP contribution in [-0.2, 0) is 10.0 Å². The Bertz CT molecular complexity index is 559. The lowest BCUT2D eigenvalue weighted by Gasteiger charge is -2.25. The van der Waals surface area contributed by atoms with Crippen LogP contribution in [0.1, 0.15) is 29.8 Å². The van der Waals surface area contributed by atoms with E-state index in [1.807, 2.05) is 0 Å². The zero-order valence-electron chi connectivity index (χ0n) is 9.43. The number of hydrogen-bond donors (Lipinski definition) is 1. The highest BCUT2D eigenvalue weighted by molar-refractivity contribution is 9.10. The molecule has 1 fully saturated rings. The Balaban J connectivity index is 2.37. The number of carbonyl (C=O) groups is 1. The summed E-state index contributed by atoms with van der Waals surface area (Å²) in [5.74, 6) is -1.69. The van der Waals surface area contributed by atoms with Crippen LogP contribution in [0.2, 0.25) is 0 Å². The minimum atomic E-state index is -3.68. The second-order valence-corrected chi connectivity index (χ2v) is 6.65. The zero-order chi connectivity index (χ0) is 13.3. The Labute approximate surface area is 113 Å². The number of carboxylic acids is 1. The Morgan fingerprint density at radius 2 is 1.94 bits per heavy atom. The average molecular weight is 338 g/mol. The summed E-state index contributed by atoms with van der Waals surface area (Å²) in [5.41, 5.74) is 0. The van der Waals surface area contributed by atoms with Gasteiger partial charge in [0.25, 0.3) is 0 Å². The molecule has 1 aromatic heterocycles. The fourth-order valence-corrected chi connectivity index (χ4v) is 4.30. The molecule has 8 heteroatoms. The molecule has 0 bridgehead atoms. The van der Waals surface area contributed by atoms with Crippen molar-refractivity contribution in [1.29, 1.82) is 0 Å². The average Bonchev–Trinajstić information content (AvgIpc) is 2.73. The van der Waals surface area contributed by atoms with E-state index < -0.39 is 21.8 Å². The van der Waals surface area contributed by atoms with Crippen LogP contribution < -0.4 is 0 Å². The second-order valence-electron chi connectivity index (χ2n) is 4.02. The number of halogens is 1. The number of sulfonamides is 1. The van der Waals surface area contributed by atoms with Gasteiger partial charge in [-0.05, 0) is 28.8 Å². The largest absolute Gasteiger partial charge is 0.475 e. The first-order valence-corrected chi connectivity index (χ1v) is 7.69. The molecular weight excluding hydrogens is 326 g/mol. The van der Waals surface area contributed by atoms with Gasteiger partial charge in [0, 0.05) is 19.2 Å². The number of nitrogens with zero attached hydrogens (tertiary/aromatic N) is 1. The van der Waals surface area contributed by atoms with E-state index >= 15 is 0 Å². The predicted molar refractivity (Wildman–Crippen MR) is 66.0 cm³/mol. The Morgan fingerprint density at radius 3 is 2.44 bits per heavy atom. The van der Waals surface area contributed by atoms with Crippen molar-refractivity contribution in [2.75, 3.05) is 13.1 Å². The molecule has 0 spiro atoms. The molecule has 0 radical (unpaired) electrons. The first-order chi connectivity index (χ1) is 8.43. The first kappa shape index (κ1) is 13.6. The number of hydrogen-bond acceptors (Lipinski definition) is 4. The summed E-state index contributed by atoms with van der Waals surface area (Å²) in [5, 5.41) is 8.78. The van der Waals surface area contributed by atoms with Crippen molar-refractivity contribution in [2.45, 2.75) is 24.2 Å². The van der Waals surface area contributed by atoms with E-state index in [0.717, 1.165) is 25.3 Å². The third-order valence-electron chi connectivity index (χ3n) is 2.80. The van der Waals surface area contributed by atoms with Gasteiger partial charge in [0.2, 0.25) is 15.8 Å². The van der Waals surface area contributed by atoms with Crippen LogP contribution >= 0.6 is 15.9 Å². The lowest BCUT2D eigenvalue weighted by molar-refractivity contribution is 0.0661. The molecule has 0 unspecified atom stereocenters. The van der Waals surface area contributed by atoms with Gasteiger partial charge in [-0.15, -0.1) is 0 Å². The molecule has 0 aliphatic carbocycles. The first-order valence-electron chi connectivity index (χ1n) is 5.45. The Hall–Kier alpha value is -0.860. The minimum absolute atomic E-state index is 0.0644. The highest BCUT2D eigenvalue weighted by atomic mass is 79.9. The Morgan fingerprint density at radius 1 is 1.33 bits per heavy atom. The molecule has 1 N–H and O–H groups in total. The van der Waals surface area contributed by atoms with E-state index in [9.17, 15) is 13.2 Å². The molecule has 6 nitrogen and oxygen atoms in total. The van der Waals surface area contributed by atoms with E-state index in [0.29, 0.717) is 13.1 Å². The standard InChI is InChI=1S/C10H12BrNO5S/c11-9-8(6-7(17-9)10(13)14)18(15,16)12-4-2-1-3-5-12/h6H,1-5H2,(H,13,14). The third-order valence-corrected chi connectivity index (χ3v) is 5.55. The molecule has 2 heterocycles. The fraction of sp³-hybridized carbons (Fsp3) is 0.500. The fourth-order valence-electron chi connectivity index (χ4n) is 1.88. The van der Waals surface area contributed by atoms with Gasteiger partial charge in [-0.25, -0.2) is 13.2 Å². The zero-order valence-corrected chi connectivity index (χ0v) is 11.8. The summed E-state index contributed by atoms with van der Waals surface area (Å²) in [6.45, 7) is 0.921. The van der Waals surface area contributed by atoms with Crippen molar-refractivity contribution in [3.8, 4) is 0 Å². The second kappa shape index (κ2) is 5.02. The third kappa shape index (κ3) is 2.45. The van der Waals surface area contributed by atoms with E-state index in [1.165, 1.54) is 4.31 Å². The van der Waals surface area contributed by atoms with Gasteiger partial charge < -0.3 is 9.52 Å². The number of furan rings is 1. The molecule has 1 aliphatic rings. The normalized spacial score (nSPS) is 17.8. The highest BCUT2D eigenvalue weighted by Crippen LogP contribution is 2.30. The molecule has 18 heavy (non-hydrogen) atoms. The quantitative estimate of drug-likeness (QED) is 0.910. The molecule has 0 saturated carbocycles. The summed E-state index contributed by atoms with van der Waals surface area (Å²) in [6.07, 6.45) is 2.65. The summed E-state index contributed by atoms with van der Waals surface area (Å²) in [7, 11) is -3.68. The van der Waals surface area contributed by atoms with Gasteiger partial charge in [-0.1, -0.05) is 6.42 Å². The highest BCUT2D eigenvalue weighted by Gasteiger charge is 2.31. The van der Waals surface area contributed by atoms with Gasteiger partial charge in [0.05, 0.1) is 0 Å². The van der Waals surface area contributed by atoms with Crippen LogP contribution in [0.4, 0.5) is 0 Å². The predicted octanol–water partition coefficient (Wildman–Crippen LogP) is 1.91. The van der Waals surface area contributed by atoms with E-state index in [4.69, 9.17) is 9.52 Å². The maximum atomic E-state index is 12.3. The van der Waals surface area contributed by atoms with Crippen molar-refractivity contribution in [3.63, 3.8) is 0 Å². The van der Waals surface area contributed by atoms with E-state index in [-0.39, 0.29) is 9.56 Å². The molecule has 1 saturated heterocycles. The lowest BCUT2D eigenvalue weighted by atomic mass is 10.2. The number of carboxylic acid groups (broad SMARTS) is 1.